The molecule has 1 heterocycles. The van der Waals surface area contributed by atoms with Crippen molar-refractivity contribution in [2.45, 2.75) is 31.0 Å². The monoisotopic (exact) mass is 419 g/mol. The molecule has 0 spiro atoms. The minimum Gasteiger partial charge on any atom is -0.394 e. The van der Waals surface area contributed by atoms with Crippen LogP contribution in [0.25, 0.3) is 0 Å². The van der Waals surface area contributed by atoms with Gasteiger partial charge in [-0.3, -0.25) is 15.0 Å². The lowest BCUT2D eigenvalue weighted by molar-refractivity contribution is -0.150. The van der Waals surface area contributed by atoms with Crippen molar-refractivity contribution in [3.8, 4) is 0 Å². The number of rotatable bonds is 9. The van der Waals surface area contributed by atoms with Crippen molar-refractivity contribution in [2.75, 3.05) is 34.0 Å². The van der Waals surface area contributed by atoms with Gasteiger partial charge in [-0.25, -0.2) is 10.9 Å². The number of carbonyl (C=O) groups excluding carboxylic acids is 2. The van der Waals surface area contributed by atoms with Gasteiger partial charge >= 0.3 is 0 Å². The minimum absolute atomic E-state index is 0.0743. The summed E-state index contributed by atoms with van der Waals surface area (Å²) in [4.78, 5) is 26.3. The number of ether oxygens (including phenoxy) is 1. The number of aliphatic hydroxyl groups excluding tert-OH is 4. The van der Waals surface area contributed by atoms with Crippen molar-refractivity contribution in [2.24, 2.45) is 11.6 Å². The van der Waals surface area contributed by atoms with Gasteiger partial charge in [-0.05, 0) is 14.1 Å². The Morgan fingerprint density at radius 2 is 1.83 bits per heavy atom. The molecule has 0 radical (unpaired) electrons. The molecule has 166 valence electrons. The van der Waals surface area contributed by atoms with E-state index in [2.05, 4.69) is 10.6 Å². The summed E-state index contributed by atoms with van der Waals surface area (Å²) in [5, 5.41) is 50.7. The number of nitrogens with zero attached hydrogens (tertiary/aromatic N) is 2. The molecule has 14 heteroatoms. The van der Waals surface area contributed by atoms with Crippen molar-refractivity contribution < 1.29 is 34.8 Å². The number of nitrogens with two attached hydrogens (primary N) is 2. The second kappa shape index (κ2) is 11.0. The van der Waals surface area contributed by atoms with E-state index in [0.29, 0.717) is 11.6 Å². The van der Waals surface area contributed by atoms with Crippen LogP contribution in [0.3, 0.4) is 0 Å². The Labute approximate surface area is 167 Å². The van der Waals surface area contributed by atoms with E-state index in [9.17, 15) is 19.8 Å². The van der Waals surface area contributed by atoms with E-state index < -0.39 is 66.9 Å². The molecule has 1 rings (SSSR count). The molecule has 4 atom stereocenters. The number of nitrogens with one attached hydrogen (secondary N) is 3. The number of hydrogen-bond donors (Lipinski definition) is 9. The molecule has 1 aliphatic rings. The molecule has 0 saturated carbocycles. The van der Waals surface area contributed by atoms with Gasteiger partial charge in [-0.1, -0.05) is 0 Å². The van der Waals surface area contributed by atoms with Gasteiger partial charge in [0.2, 0.25) is 5.91 Å². The number of carbonyl (C=O) groups is 2. The van der Waals surface area contributed by atoms with Crippen molar-refractivity contribution in [3.63, 3.8) is 0 Å². The zero-order valence-electron chi connectivity index (χ0n) is 16.2. The quantitative estimate of drug-likeness (QED) is 0.0326. The van der Waals surface area contributed by atoms with Crippen LogP contribution in [0.15, 0.2) is 11.4 Å². The Balaban J connectivity index is 2.96. The summed E-state index contributed by atoms with van der Waals surface area (Å²) in [6.45, 7) is -0.960. The molecular formula is C15H29N7O7. The van der Waals surface area contributed by atoms with Crippen LogP contribution < -0.4 is 22.2 Å². The summed E-state index contributed by atoms with van der Waals surface area (Å²) in [6.07, 6.45) is -5.73. The molecule has 1 saturated heterocycles. The number of hydrogen-bond acceptors (Lipinski definition) is 12. The minimum atomic E-state index is -1.62. The third-order valence-corrected chi connectivity index (χ3v) is 4.08. The summed E-state index contributed by atoms with van der Waals surface area (Å²) in [5.74, 6) is 3.45. The Morgan fingerprint density at radius 3 is 2.31 bits per heavy atom. The first-order valence-electron chi connectivity index (χ1n) is 8.63. The van der Waals surface area contributed by atoms with Crippen LogP contribution in [-0.4, -0.2) is 107 Å². The van der Waals surface area contributed by atoms with E-state index in [4.69, 9.17) is 31.9 Å². The molecule has 4 unspecified atom stereocenters. The molecule has 2 amide bonds. The van der Waals surface area contributed by atoms with E-state index in [0.717, 1.165) is 0 Å². The first-order chi connectivity index (χ1) is 13.5. The lowest BCUT2D eigenvalue weighted by Gasteiger charge is -2.27. The van der Waals surface area contributed by atoms with Crippen molar-refractivity contribution in [1.29, 1.82) is 5.41 Å². The van der Waals surface area contributed by atoms with Gasteiger partial charge in [0.25, 0.3) is 5.91 Å². The Morgan fingerprint density at radius 1 is 1.21 bits per heavy atom. The highest BCUT2D eigenvalue weighted by atomic mass is 16.6. The molecule has 0 bridgehead atoms. The second-order valence-electron chi connectivity index (χ2n) is 6.54. The maximum atomic E-state index is 12.7. The molecule has 11 N–H and O–H groups in total. The molecule has 14 nitrogen and oxygen atoms in total. The van der Waals surface area contributed by atoms with E-state index in [1.807, 2.05) is 0 Å². The average molecular weight is 419 g/mol. The normalized spacial score (nSPS) is 24.8. The zero-order valence-corrected chi connectivity index (χ0v) is 16.2. The summed E-state index contributed by atoms with van der Waals surface area (Å²) in [7, 11) is 3.53. The van der Waals surface area contributed by atoms with Gasteiger partial charge in [0, 0.05) is 13.0 Å². The Hall–Kier alpha value is -2.33. The predicted octanol–water partition coefficient (Wildman–Crippen LogP) is -5.12. The molecule has 29 heavy (non-hydrogen) atoms. The van der Waals surface area contributed by atoms with Crippen molar-refractivity contribution in [1.82, 2.24) is 20.5 Å². The van der Waals surface area contributed by atoms with E-state index >= 15 is 0 Å². The smallest absolute Gasteiger partial charge is 0.288 e. The van der Waals surface area contributed by atoms with Crippen molar-refractivity contribution in [3.05, 3.63) is 11.4 Å². The maximum Gasteiger partial charge on any atom is 0.288 e. The van der Waals surface area contributed by atoms with Crippen LogP contribution in [0.1, 0.15) is 6.42 Å². The van der Waals surface area contributed by atoms with Gasteiger partial charge in [-0.15, -0.1) is 0 Å². The van der Waals surface area contributed by atoms with Crippen LogP contribution in [0, 0.1) is 5.41 Å². The first-order valence-corrected chi connectivity index (χ1v) is 8.63. The number of amidine groups is 1. The molecule has 0 aliphatic carbocycles. The van der Waals surface area contributed by atoms with E-state index in [1.54, 1.807) is 19.0 Å². The molecule has 1 fully saturated rings. The number of amides is 2. The SMILES string of the molecule is CN(C)CCC(=O)NC(=N)/C(N)=C(\NCO)C(=O)N(N)C1OC(CO)C(O)C1O. The standard InChI is InChI=1S/C15H29N7O7/c1-21(2)4-3-8(25)20-13(17)9(16)10(19-6-24)14(28)22(18)15-12(27)11(26)7(5-23)29-15/h7,11-12,15,19,23-24,26-27H,3-6,16,18H2,1-2H3,(H2,17,20,25)/b10-9+. The fourth-order valence-corrected chi connectivity index (χ4v) is 2.44. The van der Waals surface area contributed by atoms with Crippen LogP contribution in [0.2, 0.25) is 0 Å². The fourth-order valence-electron chi connectivity index (χ4n) is 2.44. The van der Waals surface area contributed by atoms with Crippen LogP contribution in [-0.2, 0) is 14.3 Å². The van der Waals surface area contributed by atoms with Crippen LogP contribution in [0.4, 0.5) is 0 Å². The highest BCUT2D eigenvalue weighted by Crippen LogP contribution is 2.23. The zero-order chi connectivity index (χ0) is 22.3. The summed E-state index contributed by atoms with van der Waals surface area (Å²) in [6, 6.07) is 0. The number of hydrazine groups is 1. The van der Waals surface area contributed by atoms with Crippen LogP contribution in [0.5, 0.6) is 0 Å². The molecule has 1 aliphatic heterocycles. The van der Waals surface area contributed by atoms with Crippen LogP contribution >= 0.6 is 0 Å². The van der Waals surface area contributed by atoms with Gasteiger partial charge in [0.15, 0.2) is 12.1 Å². The highest BCUT2D eigenvalue weighted by molar-refractivity contribution is 6.10. The fraction of sp³-hybridized carbons (Fsp3) is 0.667. The molecule has 0 aromatic rings. The van der Waals surface area contributed by atoms with Gasteiger partial charge in [0.1, 0.15) is 36.4 Å². The topological polar surface area (TPSA) is 231 Å². The second-order valence-corrected chi connectivity index (χ2v) is 6.54. The predicted molar refractivity (Wildman–Crippen MR) is 99.3 cm³/mol. The van der Waals surface area contributed by atoms with Crippen molar-refractivity contribution >= 4 is 17.6 Å². The Kier molecular flexibility index (Phi) is 9.38. The molecule has 0 aromatic carbocycles. The third-order valence-electron chi connectivity index (χ3n) is 4.08. The molecule has 0 aromatic heterocycles. The largest absolute Gasteiger partial charge is 0.394 e. The first kappa shape index (κ1) is 24.7. The lowest BCUT2D eigenvalue weighted by atomic mass is 10.1. The summed E-state index contributed by atoms with van der Waals surface area (Å²) in [5.41, 5.74) is 4.71. The summed E-state index contributed by atoms with van der Waals surface area (Å²) < 4.78 is 5.15. The van der Waals surface area contributed by atoms with Gasteiger partial charge < -0.3 is 46.4 Å². The average Bonchev–Trinajstić information content (AvgIpc) is 2.97. The van der Waals surface area contributed by atoms with E-state index in [1.165, 1.54) is 0 Å². The highest BCUT2D eigenvalue weighted by Gasteiger charge is 2.46. The van der Waals surface area contributed by atoms with E-state index in [-0.39, 0.29) is 6.42 Å². The number of aliphatic hydroxyl groups is 4. The Bertz CT molecular complexity index is 643. The maximum absolute atomic E-state index is 12.7. The third kappa shape index (κ3) is 6.33. The van der Waals surface area contributed by atoms with Gasteiger partial charge in [-0.2, -0.15) is 0 Å². The lowest BCUT2D eigenvalue weighted by Crippen LogP contribution is -2.54. The molecular weight excluding hydrogens is 390 g/mol. The van der Waals surface area contributed by atoms with Gasteiger partial charge in [0.05, 0.1) is 6.61 Å². The summed E-state index contributed by atoms with van der Waals surface area (Å²) >= 11 is 0.